The highest BCUT2D eigenvalue weighted by Crippen LogP contribution is 2.77. The minimum absolute atomic E-state index is 0.181. The lowest BCUT2D eigenvalue weighted by atomic mass is 9.34. The van der Waals surface area contributed by atoms with Gasteiger partial charge in [-0.3, -0.25) is 4.79 Å². The number of hydrogen-bond acceptors (Lipinski definition) is 4. The first-order chi connectivity index (χ1) is 20.5. The number of ether oxygens (including phenoxy) is 2. The summed E-state index contributed by atoms with van der Waals surface area (Å²) in [4.78, 5) is 12.5. The molecule has 0 aromatic rings. The Morgan fingerprint density at radius 1 is 0.886 bits per heavy atom. The number of esters is 1. The Bertz CT molecular complexity index is 976. The van der Waals surface area contributed by atoms with Crippen molar-refractivity contribution in [2.24, 2.45) is 62.6 Å². The molecule has 6 unspecified atom stereocenters. The lowest BCUT2D eigenvalue weighted by Crippen LogP contribution is -2.64. The topological polar surface area (TPSA) is 47.6 Å². The Labute approximate surface area is 273 Å². The molecule has 0 aromatic carbocycles. The van der Waals surface area contributed by atoms with Crippen LogP contribution in [0.1, 0.15) is 154 Å². The summed E-state index contributed by atoms with van der Waals surface area (Å²) in [7, 11) is 0. The second kappa shape index (κ2) is 13.5. The van der Waals surface area contributed by atoms with Gasteiger partial charge >= 0.3 is 5.97 Å². The predicted octanol–water partition coefficient (Wildman–Crippen LogP) is 10.1. The van der Waals surface area contributed by atoms with E-state index in [-0.39, 0.29) is 18.1 Å². The Morgan fingerprint density at radius 3 is 2.23 bits per heavy atom. The van der Waals surface area contributed by atoms with Crippen molar-refractivity contribution >= 4 is 5.97 Å². The van der Waals surface area contributed by atoms with Crippen LogP contribution in [-0.4, -0.2) is 37.9 Å². The molecule has 4 saturated carbocycles. The minimum atomic E-state index is -0.388. The summed E-state index contributed by atoms with van der Waals surface area (Å²) in [6, 6.07) is -0.388. The maximum Gasteiger partial charge on any atom is 0.325 e. The van der Waals surface area contributed by atoms with E-state index < -0.39 is 0 Å². The van der Waals surface area contributed by atoms with E-state index in [9.17, 15) is 4.79 Å². The SMILES string of the molecule is CCOC(=O)C(NCCCCCC(C)(C)C1CC[C@]2(C)[C@@H]1C(C)CC1[C@@]3(C)CC[C@H](C)C(C)(C)C3CC[C@]12C)C(C)OCC. The van der Waals surface area contributed by atoms with E-state index in [2.05, 4.69) is 67.6 Å². The maximum atomic E-state index is 12.5. The highest BCUT2D eigenvalue weighted by Gasteiger charge is 2.70. The molecule has 11 atom stereocenters. The van der Waals surface area contributed by atoms with Gasteiger partial charge in [0.25, 0.3) is 0 Å². The zero-order chi connectivity index (χ0) is 32.7. The van der Waals surface area contributed by atoms with Crippen molar-refractivity contribution in [1.29, 1.82) is 0 Å². The van der Waals surface area contributed by atoms with E-state index in [4.69, 9.17) is 9.47 Å². The molecular formula is C40H73NO3. The zero-order valence-corrected chi connectivity index (χ0v) is 31.2. The summed E-state index contributed by atoms with van der Waals surface area (Å²) in [5, 5.41) is 3.45. The Hall–Kier alpha value is -0.610. The van der Waals surface area contributed by atoms with Crippen LogP contribution in [0.15, 0.2) is 0 Å². The van der Waals surface area contributed by atoms with Crippen molar-refractivity contribution in [1.82, 2.24) is 5.32 Å². The molecule has 0 amide bonds. The highest BCUT2D eigenvalue weighted by atomic mass is 16.5. The van der Waals surface area contributed by atoms with Crippen LogP contribution in [0, 0.1) is 62.6 Å². The predicted molar refractivity (Wildman–Crippen MR) is 184 cm³/mol. The van der Waals surface area contributed by atoms with Gasteiger partial charge in [0, 0.05) is 6.61 Å². The quantitative estimate of drug-likeness (QED) is 0.165. The number of carbonyl (C=O) groups is 1. The van der Waals surface area contributed by atoms with Crippen molar-refractivity contribution in [2.45, 2.75) is 166 Å². The summed E-state index contributed by atoms with van der Waals surface area (Å²) in [6.45, 7) is 31.6. The second-order valence-electron chi connectivity index (χ2n) is 18.3. The zero-order valence-electron chi connectivity index (χ0n) is 31.2. The van der Waals surface area contributed by atoms with Crippen LogP contribution in [-0.2, 0) is 14.3 Å². The van der Waals surface area contributed by atoms with Gasteiger partial charge in [0.2, 0.25) is 0 Å². The Balaban J connectivity index is 1.38. The normalized spacial score (nSPS) is 41.3. The van der Waals surface area contributed by atoms with Gasteiger partial charge < -0.3 is 14.8 Å². The fourth-order valence-corrected chi connectivity index (χ4v) is 12.6. The first kappa shape index (κ1) is 36.2. The molecule has 4 heteroatoms. The third kappa shape index (κ3) is 6.20. The molecule has 0 radical (unpaired) electrons. The third-order valence-corrected chi connectivity index (χ3v) is 15.6. The van der Waals surface area contributed by atoms with Gasteiger partial charge in [0.15, 0.2) is 0 Å². The molecule has 0 heterocycles. The lowest BCUT2D eigenvalue weighted by molar-refractivity contribution is -0.225. The molecular weight excluding hydrogens is 542 g/mol. The molecule has 4 aliphatic rings. The van der Waals surface area contributed by atoms with Gasteiger partial charge in [0.1, 0.15) is 6.04 Å². The first-order valence-electron chi connectivity index (χ1n) is 19.0. The molecule has 0 spiro atoms. The van der Waals surface area contributed by atoms with Gasteiger partial charge in [-0.2, -0.15) is 0 Å². The van der Waals surface area contributed by atoms with Crippen LogP contribution >= 0.6 is 0 Å². The van der Waals surface area contributed by atoms with Crippen molar-refractivity contribution in [3.63, 3.8) is 0 Å². The monoisotopic (exact) mass is 616 g/mol. The summed E-state index contributed by atoms with van der Waals surface area (Å²) in [6.07, 6.45) is 14.7. The highest BCUT2D eigenvalue weighted by molar-refractivity contribution is 5.76. The molecule has 0 aromatic heterocycles. The summed E-state index contributed by atoms with van der Waals surface area (Å²) >= 11 is 0. The average molecular weight is 616 g/mol. The standard InChI is InChI=1S/C40H73NO3/c1-13-43-29(5)34(35(42)44-14-2)41-25-17-15-16-21-36(6,7)30-19-23-40(12)33(30)27(3)26-32-38(10)22-18-28(4)37(8,9)31(38)20-24-39(32,40)11/h27-34,41H,13-26H2,1-12H3/t27?,28-,29?,30?,31?,32?,33+,34?,38-,39+,40+/m0/s1. The van der Waals surface area contributed by atoms with Crippen LogP contribution in [0.5, 0.6) is 0 Å². The number of fused-ring (bicyclic) bond motifs is 5. The van der Waals surface area contributed by atoms with Crippen LogP contribution in [0.4, 0.5) is 0 Å². The van der Waals surface area contributed by atoms with Crippen molar-refractivity contribution in [3.8, 4) is 0 Å². The molecule has 4 rings (SSSR count). The number of unbranched alkanes of at least 4 members (excludes halogenated alkanes) is 2. The molecule has 256 valence electrons. The number of rotatable bonds is 13. The van der Waals surface area contributed by atoms with Crippen LogP contribution in [0.3, 0.4) is 0 Å². The maximum absolute atomic E-state index is 12.5. The van der Waals surface area contributed by atoms with E-state index in [1.165, 1.54) is 64.2 Å². The summed E-state index contributed by atoms with van der Waals surface area (Å²) < 4.78 is 11.0. The fourth-order valence-electron chi connectivity index (χ4n) is 12.6. The lowest BCUT2D eigenvalue weighted by Gasteiger charge is -2.71. The van der Waals surface area contributed by atoms with Gasteiger partial charge in [-0.05, 0) is 148 Å². The fraction of sp³-hybridized carbons (Fsp3) is 0.975. The molecule has 0 aliphatic heterocycles. The van der Waals surface area contributed by atoms with Crippen molar-refractivity contribution < 1.29 is 14.3 Å². The van der Waals surface area contributed by atoms with Gasteiger partial charge in [-0.1, -0.05) is 75.2 Å². The largest absolute Gasteiger partial charge is 0.465 e. The van der Waals surface area contributed by atoms with Crippen molar-refractivity contribution in [3.05, 3.63) is 0 Å². The second-order valence-corrected chi connectivity index (χ2v) is 18.3. The van der Waals surface area contributed by atoms with Gasteiger partial charge in [-0.25, -0.2) is 0 Å². The molecule has 4 nitrogen and oxygen atoms in total. The summed E-state index contributed by atoms with van der Waals surface area (Å²) in [5.74, 6) is 4.89. The smallest absolute Gasteiger partial charge is 0.325 e. The summed E-state index contributed by atoms with van der Waals surface area (Å²) in [5.41, 5.74) is 2.26. The molecule has 0 saturated heterocycles. The van der Waals surface area contributed by atoms with E-state index in [0.717, 1.165) is 48.5 Å². The van der Waals surface area contributed by atoms with Crippen LogP contribution < -0.4 is 5.32 Å². The molecule has 4 fully saturated rings. The Kier molecular flexibility index (Phi) is 11.1. The van der Waals surface area contributed by atoms with Gasteiger partial charge in [0.05, 0.1) is 12.7 Å². The average Bonchev–Trinajstić information content (AvgIpc) is 3.33. The molecule has 1 N–H and O–H groups in total. The third-order valence-electron chi connectivity index (χ3n) is 15.6. The first-order valence-corrected chi connectivity index (χ1v) is 19.0. The van der Waals surface area contributed by atoms with Gasteiger partial charge in [-0.15, -0.1) is 0 Å². The number of hydrogen-bond donors (Lipinski definition) is 1. The van der Waals surface area contributed by atoms with E-state index in [0.29, 0.717) is 40.3 Å². The van der Waals surface area contributed by atoms with Crippen LogP contribution in [0.25, 0.3) is 0 Å². The Morgan fingerprint density at radius 2 is 1.57 bits per heavy atom. The number of carbonyl (C=O) groups excluding carboxylic acids is 1. The van der Waals surface area contributed by atoms with Crippen molar-refractivity contribution in [2.75, 3.05) is 19.8 Å². The molecule has 44 heavy (non-hydrogen) atoms. The van der Waals surface area contributed by atoms with Crippen LogP contribution in [0.2, 0.25) is 0 Å². The van der Waals surface area contributed by atoms with E-state index in [1.807, 2.05) is 20.8 Å². The van der Waals surface area contributed by atoms with E-state index >= 15 is 0 Å². The number of nitrogens with one attached hydrogen (secondary N) is 1. The van der Waals surface area contributed by atoms with E-state index in [1.54, 1.807) is 0 Å². The minimum Gasteiger partial charge on any atom is -0.465 e. The molecule has 4 aliphatic carbocycles. The molecule has 0 bridgehead atoms.